The molecule has 2 aromatic rings. The van der Waals surface area contributed by atoms with Crippen LogP contribution in [0.1, 0.15) is 42.4 Å². The molecule has 31 heavy (non-hydrogen) atoms. The average Bonchev–Trinajstić information content (AvgIpc) is 3.36. The minimum atomic E-state index is -4.40. The van der Waals surface area contributed by atoms with Crippen molar-refractivity contribution in [2.45, 2.75) is 38.3 Å². The van der Waals surface area contributed by atoms with Crippen LogP contribution in [0, 0.1) is 5.41 Å². The van der Waals surface area contributed by atoms with E-state index < -0.39 is 18.0 Å². The first-order chi connectivity index (χ1) is 14.7. The summed E-state index contributed by atoms with van der Waals surface area (Å²) < 4.78 is 40.9. The van der Waals surface area contributed by atoms with Crippen LogP contribution in [-0.2, 0) is 12.7 Å². The van der Waals surface area contributed by atoms with Gasteiger partial charge in [-0.1, -0.05) is 0 Å². The molecule has 0 bridgehead atoms. The van der Waals surface area contributed by atoms with Gasteiger partial charge in [-0.2, -0.15) is 23.0 Å². The molecule has 0 unspecified atom stereocenters. The Morgan fingerprint density at radius 2 is 1.87 bits per heavy atom. The lowest BCUT2D eigenvalue weighted by atomic mass is 9.78. The molecule has 0 aliphatic carbocycles. The van der Waals surface area contributed by atoms with E-state index in [0.717, 1.165) is 36.2 Å². The van der Waals surface area contributed by atoms with Crippen molar-refractivity contribution in [1.29, 1.82) is 0 Å². The van der Waals surface area contributed by atoms with Crippen molar-refractivity contribution in [3.8, 4) is 0 Å². The number of pyridine rings is 1. The predicted molar refractivity (Wildman–Crippen MR) is 103 cm³/mol. The SMILES string of the molecule is O=C(N1CCC2(CCN(Cc3cnccc3C(F)(F)F)C2)CC1)n1ccc(C(O)O)n1. The summed E-state index contributed by atoms with van der Waals surface area (Å²) >= 11 is 0. The minimum absolute atomic E-state index is 0.00175. The van der Waals surface area contributed by atoms with E-state index in [2.05, 4.69) is 10.1 Å². The zero-order valence-electron chi connectivity index (χ0n) is 16.8. The summed E-state index contributed by atoms with van der Waals surface area (Å²) in [6, 6.07) is 2.06. The molecule has 4 rings (SSSR count). The fourth-order valence-electron chi connectivity index (χ4n) is 4.54. The fraction of sp³-hybridized carbons (Fsp3) is 0.550. The van der Waals surface area contributed by atoms with Crippen LogP contribution in [-0.4, -0.2) is 67.0 Å². The van der Waals surface area contributed by atoms with E-state index in [0.29, 0.717) is 26.2 Å². The van der Waals surface area contributed by atoms with Crippen LogP contribution in [0.25, 0.3) is 0 Å². The third-order valence-electron chi connectivity index (χ3n) is 6.29. The van der Waals surface area contributed by atoms with E-state index in [1.807, 2.05) is 4.90 Å². The van der Waals surface area contributed by atoms with Crippen molar-refractivity contribution in [1.82, 2.24) is 24.6 Å². The monoisotopic (exact) mass is 439 g/mol. The van der Waals surface area contributed by atoms with E-state index in [-0.39, 0.29) is 29.2 Å². The molecule has 0 saturated carbocycles. The van der Waals surface area contributed by atoms with Gasteiger partial charge in [-0.05, 0) is 48.9 Å². The Balaban J connectivity index is 1.35. The van der Waals surface area contributed by atoms with Gasteiger partial charge in [-0.25, -0.2) is 4.79 Å². The number of nitrogens with zero attached hydrogens (tertiary/aromatic N) is 5. The summed E-state index contributed by atoms with van der Waals surface area (Å²) in [4.78, 5) is 20.2. The molecule has 0 aromatic carbocycles. The van der Waals surface area contributed by atoms with E-state index >= 15 is 0 Å². The van der Waals surface area contributed by atoms with Crippen LogP contribution in [0.15, 0.2) is 30.7 Å². The Morgan fingerprint density at radius 3 is 2.52 bits per heavy atom. The standard InChI is InChI=1S/C20H24F3N5O3/c21-20(22,23)15-1-6-24-11-14(15)12-26-8-3-19(13-26)4-9-27(10-5-19)18(31)28-7-2-16(25-28)17(29)30/h1-2,6-7,11,17,29-30H,3-5,8-10,12-13H2. The first kappa shape index (κ1) is 21.7. The van der Waals surface area contributed by atoms with Crippen molar-refractivity contribution in [3.05, 3.63) is 47.5 Å². The van der Waals surface area contributed by atoms with Gasteiger partial charge >= 0.3 is 12.2 Å². The first-order valence-electron chi connectivity index (χ1n) is 10.1. The topological polar surface area (TPSA) is 94.7 Å². The maximum absolute atomic E-state index is 13.3. The highest BCUT2D eigenvalue weighted by molar-refractivity contribution is 5.76. The summed E-state index contributed by atoms with van der Waals surface area (Å²) in [5, 5.41) is 22.2. The lowest BCUT2D eigenvalue weighted by molar-refractivity contribution is -0.138. The molecule has 4 heterocycles. The number of alkyl halides is 3. The fourth-order valence-corrected chi connectivity index (χ4v) is 4.54. The normalized spacial score (nSPS) is 19.5. The lowest BCUT2D eigenvalue weighted by Gasteiger charge is -2.39. The second-order valence-corrected chi connectivity index (χ2v) is 8.32. The largest absolute Gasteiger partial charge is 0.416 e. The second-order valence-electron chi connectivity index (χ2n) is 8.32. The number of aromatic nitrogens is 3. The molecule has 2 saturated heterocycles. The number of carbonyl (C=O) groups excluding carboxylic acids is 1. The van der Waals surface area contributed by atoms with Gasteiger partial charge in [-0.3, -0.25) is 9.88 Å². The highest BCUT2D eigenvalue weighted by Crippen LogP contribution is 2.41. The number of likely N-dealkylation sites (tertiary alicyclic amines) is 2. The first-order valence-corrected chi connectivity index (χ1v) is 10.1. The van der Waals surface area contributed by atoms with Crippen LogP contribution in [0.2, 0.25) is 0 Å². The summed E-state index contributed by atoms with van der Waals surface area (Å²) in [5.74, 6) is 0. The Morgan fingerprint density at radius 1 is 1.16 bits per heavy atom. The van der Waals surface area contributed by atoms with Crippen LogP contribution in [0.5, 0.6) is 0 Å². The molecule has 1 spiro atoms. The molecule has 11 heteroatoms. The quantitative estimate of drug-likeness (QED) is 0.713. The van der Waals surface area contributed by atoms with Gasteiger partial charge in [0.25, 0.3) is 0 Å². The number of rotatable bonds is 3. The van der Waals surface area contributed by atoms with Crippen molar-refractivity contribution >= 4 is 6.03 Å². The molecule has 8 nitrogen and oxygen atoms in total. The molecule has 0 atom stereocenters. The highest BCUT2D eigenvalue weighted by Gasteiger charge is 2.42. The molecule has 168 valence electrons. The smallest absolute Gasteiger partial charge is 0.363 e. The van der Waals surface area contributed by atoms with Gasteiger partial charge in [0.15, 0.2) is 6.29 Å². The summed E-state index contributed by atoms with van der Waals surface area (Å²) in [7, 11) is 0. The molecule has 0 radical (unpaired) electrons. The van der Waals surface area contributed by atoms with Gasteiger partial charge in [0, 0.05) is 44.8 Å². The van der Waals surface area contributed by atoms with E-state index in [9.17, 15) is 18.0 Å². The Bertz CT molecular complexity index is 938. The molecule has 2 N–H and O–H groups in total. The van der Waals surface area contributed by atoms with Crippen molar-refractivity contribution in [2.24, 2.45) is 5.41 Å². The third kappa shape index (κ3) is 4.58. The highest BCUT2D eigenvalue weighted by atomic mass is 19.4. The van der Waals surface area contributed by atoms with Crippen molar-refractivity contribution in [3.63, 3.8) is 0 Å². The average molecular weight is 439 g/mol. The summed E-state index contributed by atoms with van der Waals surface area (Å²) in [6.45, 7) is 2.63. The van der Waals surface area contributed by atoms with Crippen molar-refractivity contribution in [2.75, 3.05) is 26.2 Å². The lowest BCUT2D eigenvalue weighted by Crippen LogP contribution is -2.45. The maximum atomic E-state index is 13.3. The number of hydrogen-bond donors (Lipinski definition) is 2. The number of piperidine rings is 1. The van der Waals surface area contributed by atoms with E-state index in [1.165, 1.54) is 18.5 Å². The molecular formula is C20H24F3N5O3. The zero-order chi connectivity index (χ0) is 22.2. The van der Waals surface area contributed by atoms with Crippen LogP contribution >= 0.6 is 0 Å². The number of aliphatic hydroxyl groups is 2. The number of hydrogen-bond acceptors (Lipinski definition) is 6. The Labute approximate surface area is 176 Å². The number of aliphatic hydroxyl groups excluding tert-OH is 1. The van der Waals surface area contributed by atoms with Gasteiger partial charge in [-0.15, -0.1) is 0 Å². The molecule has 2 aliphatic heterocycles. The van der Waals surface area contributed by atoms with Crippen LogP contribution in [0.4, 0.5) is 18.0 Å². The summed E-state index contributed by atoms with van der Waals surface area (Å²) in [5.41, 5.74) is -0.480. The van der Waals surface area contributed by atoms with Gasteiger partial charge < -0.3 is 15.1 Å². The molecular weight excluding hydrogens is 415 g/mol. The van der Waals surface area contributed by atoms with Gasteiger partial charge in [0.2, 0.25) is 0 Å². The number of amides is 1. The van der Waals surface area contributed by atoms with Crippen molar-refractivity contribution < 1.29 is 28.2 Å². The second kappa shape index (κ2) is 8.21. The van der Waals surface area contributed by atoms with E-state index in [1.54, 1.807) is 4.90 Å². The Hall–Kier alpha value is -2.50. The van der Waals surface area contributed by atoms with E-state index in [4.69, 9.17) is 10.2 Å². The molecule has 2 fully saturated rings. The molecule has 2 aliphatic rings. The Kier molecular flexibility index (Phi) is 5.75. The number of carbonyl (C=O) groups is 1. The minimum Gasteiger partial charge on any atom is -0.363 e. The van der Waals surface area contributed by atoms with Gasteiger partial charge in [0.05, 0.1) is 5.56 Å². The summed E-state index contributed by atoms with van der Waals surface area (Å²) in [6.07, 6.45) is 0.0895. The van der Waals surface area contributed by atoms with Crippen LogP contribution in [0.3, 0.4) is 0 Å². The third-order valence-corrected chi connectivity index (χ3v) is 6.29. The zero-order valence-corrected chi connectivity index (χ0v) is 16.8. The number of halogens is 3. The van der Waals surface area contributed by atoms with Crippen LogP contribution < -0.4 is 0 Å². The van der Waals surface area contributed by atoms with Gasteiger partial charge in [0.1, 0.15) is 5.69 Å². The molecule has 2 aromatic heterocycles. The maximum Gasteiger partial charge on any atom is 0.416 e. The predicted octanol–water partition coefficient (Wildman–Crippen LogP) is 2.24. The molecule has 1 amide bonds.